The van der Waals surface area contributed by atoms with Gasteiger partial charge in [-0.3, -0.25) is 4.79 Å². The van der Waals surface area contributed by atoms with Crippen LogP contribution in [0.1, 0.15) is 113 Å². The lowest BCUT2D eigenvalue weighted by Gasteiger charge is -2.64. The van der Waals surface area contributed by atoms with Gasteiger partial charge < -0.3 is 129 Å². The number of allylic oxidation sites excluding steroid dienone is 1. The number of hydrogen-bond donors (Lipinski definition) is 16. The fourth-order valence-electron chi connectivity index (χ4n) is 17.9. The summed E-state index contributed by atoms with van der Waals surface area (Å²) in [6.45, 7) is 11.3. The van der Waals surface area contributed by atoms with Crippen LogP contribution in [0.15, 0.2) is 11.6 Å². The molecule has 5 saturated carbocycles. The topological polar surface area (TPSA) is 433 Å². The number of carbonyl (C=O) groups excluding carboxylic acids is 1. The van der Waals surface area contributed by atoms with Crippen molar-refractivity contribution in [1.29, 1.82) is 0 Å². The molecule has 0 radical (unpaired) electrons. The van der Waals surface area contributed by atoms with Gasteiger partial charge >= 0.3 is 5.97 Å². The summed E-state index contributed by atoms with van der Waals surface area (Å²) in [6, 6.07) is 0. The molecule has 35 atom stereocenters. The lowest BCUT2D eigenvalue weighted by molar-refractivity contribution is -0.380. The van der Waals surface area contributed by atoms with E-state index in [1.807, 2.05) is 26.8 Å². The van der Waals surface area contributed by atoms with Crippen LogP contribution in [0, 0.1) is 50.7 Å². The Bertz CT molecular complexity index is 2370. The standard InChI is InChI=1S/C59H96O27/c1-23(2)8-9-27(61)34(49(76)86-53-47(75)42(70)38(66)29(82-53)19-78-50-44(72)37(65)28(62)18-77-50)26-12-14-57(7)32-11-10-31-55(5,22-60)33(13-15-58(31)21-59(32,58)17-16-56(26,57)6)84-54-48(85-52-46(74)41(69)36(64)25(4)81-52)43(71)39(67)30(83-54)20-79-51-45(73)40(68)35(63)24(3)80-51/h8,24-48,50-54,60-75H,9-22H2,1-7H3/t24-,25+,26-,27?,28+,29-,30-,31+,32-,33-,34+,35-,36-,37-,38+,39+,40+,41+,42-,43-,44?,45-,46?,47?,48?,50-,51+,52-,53-,54-,55+,56+,57+,58+,59+/m0/s1. The van der Waals surface area contributed by atoms with Crippen molar-refractivity contribution in [1.82, 2.24) is 0 Å². The molecule has 494 valence electrons. The van der Waals surface area contributed by atoms with Crippen LogP contribution in [0.5, 0.6) is 0 Å². The SMILES string of the molecule is CC(C)=CCC(O)[C@H](C(=O)O[C@@H]1O[C@@H](CO[C@@H]2OC[C@@H](O)[C@H](O)C2O)[C@@H](O)[C@H](O)C1O)[C@@H]1CC[C@]2(C)[C@@H]3CC[C@@H]4[C@@](C)(CO)[C@@H](O[C@@H]5O[C@@H](CO[C@@H]6O[C@@H](C)[C@H](O)[C@@H](O)[C@@H]6O)[C@@H](O)[C@H](O)C5O[C@@H]5O[C@H](C)[C@H](O)[C@@H](O)C5O)CC[C@@]45C[C@]35CC[C@]12C. The van der Waals surface area contributed by atoms with E-state index >= 15 is 0 Å². The van der Waals surface area contributed by atoms with E-state index in [1.54, 1.807) is 0 Å². The molecule has 0 aromatic heterocycles. The van der Waals surface area contributed by atoms with Crippen LogP contribution in [-0.4, -0.2) is 274 Å². The molecular formula is C59H96O27. The summed E-state index contributed by atoms with van der Waals surface area (Å²) < 4.78 is 59.4. The summed E-state index contributed by atoms with van der Waals surface area (Å²) in [5.74, 6) is -2.40. The first-order valence-electron chi connectivity index (χ1n) is 30.8. The van der Waals surface area contributed by atoms with Gasteiger partial charge in [0.25, 0.3) is 0 Å². The summed E-state index contributed by atoms with van der Waals surface area (Å²) in [6.07, 6.45) is -32.0. The van der Waals surface area contributed by atoms with Gasteiger partial charge in [-0.1, -0.05) is 32.4 Å². The van der Waals surface area contributed by atoms with Crippen LogP contribution in [0.25, 0.3) is 0 Å². The normalized spacial score (nSPS) is 54.3. The molecule has 5 aliphatic carbocycles. The second-order valence-corrected chi connectivity index (χ2v) is 27.9. The number of fused-ring (bicyclic) bond motifs is 2. The Morgan fingerprint density at radius 1 is 0.558 bits per heavy atom. The fourth-order valence-corrected chi connectivity index (χ4v) is 17.9. The number of rotatable bonds is 17. The molecule has 27 heteroatoms. The lowest BCUT2D eigenvalue weighted by Crippen LogP contribution is -2.66. The first-order chi connectivity index (χ1) is 40.4. The zero-order valence-electron chi connectivity index (χ0n) is 49.9. The first-order valence-corrected chi connectivity index (χ1v) is 30.8. The Hall–Kier alpha value is -1.79. The lowest BCUT2D eigenvalue weighted by atomic mass is 9.41. The van der Waals surface area contributed by atoms with Gasteiger partial charge in [-0.05, 0) is 131 Å². The zero-order chi connectivity index (χ0) is 62.7. The molecule has 16 N–H and O–H groups in total. The van der Waals surface area contributed by atoms with E-state index in [9.17, 15) is 86.5 Å². The summed E-state index contributed by atoms with van der Waals surface area (Å²) in [4.78, 5) is 14.9. The number of hydrogen-bond acceptors (Lipinski definition) is 27. The van der Waals surface area contributed by atoms with Crippen molar-refractivity contribution in [2.24, 2.45) is 50.7 Å². The van der Waals surface area contributed by atoms with Gasteiger partial charge in [0.2, 0.25) is 6.29 Å². The van der Waals surface area contributed by atoms with Gasteiger partial charge in [0.15, 0.2) is 25.2 Å². The number of esters is 1. The van der Waals surface area contributed by atoms with Crippen molar-refractivity contribution < 1.29 is 134 Å². The molecule has 10 rings (SSSR count). The van der Waals surface area contributed by atoms with Crippen molar-refractivity contribution in [3.8, 4) is 0 Å². The van der Waals surface area contributed by atoms with Crippen LogP contribution in [0.4, 0.5) is 0 Å². The number of aliphatic hydroxyl groups excluding tert-OH is 16. The summed E-state index contributed by atoms with van der Waals surface area (Å²) in [7, 11) is 0. The zero-order valence-corrected chi connectivity index (χ0v) is 49.9. The quantitative estimate of drug-likeness (QED) is 0.0380. The molecule has 86 heavy (non-hydrogen) atoms. The van der Waals surface area contributed by atoms with Gasteiger partial charge in [-0.15, -0.1) is 0 Å². The maximum absolute atomic E-state index is 14.9. The van der Waals surface area contributed by atoms with Gasteiger partial charge in [-0.25, -0.2) is 0 Å². The second kappa shape index (κ2) is 25.3. The minimum absolute atomic E-state index is 0.105. The molecular weight excluding hydrogens is 1140 g/mol. The maximum Gasteiger partial charge on any atom is 0.314 e. The van der Waals surface area contributed by atoms with E-state index in [4.69, 9.17) is 47.4 Å². The van der Waals surface area contributed by atoms with E-state index in [1.165, 1.54) is 13.8 Å². The highest BCUT2D eigenvalue weighted by molar-refractivity contribution is 5.74. The first kappa shape index (κ1) is 67.1. The van der Waals surface area contributed by atoms with E-state index in [0.717, 1.165) is 24.8 Å². The van der Waals surface area contributed by atoms with Crippen LogP contribution < -0.4 is 0 Å². The Labute approximate surface area is 499 Å². The third kappa shape index (κ3) is 11.3. The largest absolute Gasteiger partial charge is 0.432 e. The predicted octanol–water partition coefficient (Wildman–Crippen LogP) is -3.57. The molecule has 10 aliphatic rings. The Balaban J connectivity index is 0.865. The van der Waals surface area contributed by atoms with E-state index < -0.39 is 201 Å². The summed E-state index contributed by atoms with van der Waals surface area (Å²) >= 11 is 0. The molecule has 0 aromatic rings. The average Bonchev–Trinajstić information content (AvgIpc) is 1.46. The molecule has 27 nitrogen and oxygen atoms in total. The smallest absolute Gasteiger partial charge is 0.314 e. The van der Waals surface area contributed by atoms with Crippen molar-refractivity contribution in [3.63, 3.8) is 0 Å². The second-order valence-electron chi connectivity index (χ2n) is 27.9. The van der Waals surface area contributed by atoms with Gasteiger partial charge in [0, 0.05) is 5.41 Å². The highest BCUT2D eigenvalue weighted by atomic mass is 16.8. The fraction of sp³-hybridized carbons (Fsp3) is 0.949. The van der Waals surface area contributed by atoms with E-state index in [0.29, 0.717) is 38.5 Å². The average molecular weight is 1240 g/mol. The third-order valence-electron chi connectivity index (χ3n) is 23.2. The highest BCUT2D eigenvalue weighted by Crippen LogP contribution is 2.89. The van der Waals surface area contributed by atoms with Gasteiger partial charge in [-0.2, -0.15) is 0 Å². The Morgan fingerprint density at radius 2 is 1.10 bits per heavy atom. The van der Waals surface area contributed by atoms with Gasteiger partial charge in [0.05, 0.1) is 56.8 Å². The number of ether oxygens (including phenoxy) is 10. The Morgan fingerprint density at radius 3 is 1.74 bits per heavy atom. The molecule has 0 amide bonds. The Kier molecular flexibility index (Phi) is 19.7. The van der Waals surface area contributed by atoms with Crippen LogP contribution in [0.2, 0.25) is 0 Å². The van der Waals surface area contributed by atoms with Crippen LogP contribution >= 0.6 is 0 Å². The van der Waals surface area contributed by atoms with Gasteiger partial charge in [0.1, 0.15) is 104 Å². The van der Waals surface area contributed by atoms with Crippen LogP contribution in [0.3, 0.4) is 0 Å². The van der Waals surface area contributed by atoms with Crippen molar-refractivity contribution in [3.05, 3.63) is 11.6 Å². The van der Waals surface area contributed by atoms with Crippen molar-refractivity contribution >= 4 is 5.97 Å². The van der Waals surface area contributed by atoms with E-state index in [2.05, 4.69) is 13.8 Å². The van der Waals surface area contributed by atoms with Crippen molar-refractivity contribution in [2.75, 3.05) is 26.4 Å². The minimum Gasteiger partial charge on any atom is -0.432 e. The van der Waals surface area contributed by atoms with E-state index in [-0.39, 0.29) is 47.7 Å². The predicted molar refractivity (Wildman–Crippen MR) is 289 cm³/mol. The molecule has 5 aliphatic heterocycles. The molecule has 5 heterocycles. The van der Waals surface area contributed by atoms with Crippen molar-refractivity contribution in [2.45, 2.75) is 272 Å². The molecule has 0 bridgehead atoms. The number of carbonyl (C=O) groups is 1. The molecule has 5 unspecified atom stereocenters. The number of aliphatic hydroxyl groups is 16. The highest BCUT2D eigenvalue weighted by Gasteiger charge is 2.83. The maximum atomic E-state index is 14.9. The molecule has 0 aromatic carbocycles. The van der Waals surface area contributed by atoms with Crippen LogP contribution in [-0.2, 0) is 52.2 Å². The molecule has 2 spiro atoms. The minimum atomic E-state index is -1.92. The monoisotopic (exact) mass is 1240 g/mol. The summed E-state index contributed by atoms with van der Waals surface area (Å²) in [5.41, 5.74) is -1.40. The summed E-state index contributed by atoms with van der Waals surface area (Å²) in [5, 5.41) is 175. The third-order valence-corrected chi connectivity index (χ3v) is 23.2. The molecule has 5 saturated heterocycles. The molecule has 10 fully saturated rings.